The summed E-state index contributed by atoms with van der Waals surface area (Å²) in [5.41, 5.74) is 6.76. The van der Waals surface area contributed by atoms with Crippen LogP contribution >= 0.6 is 0 Å². The lowest BCUT2D eigenvalue weighted by molar-refractivity contribution is 0.0783. The average Bonchev–Trinajstić information content (AvgIpc) is 2.89. The molecular weight excluding hydrogens is 228 g/mol. The Balaban J connectivity index is 1.90. The van der Waals surface area contributed by atoms with E-state index in [-0.39, 0.29) is 5.91 Å². The maximum Gasteiger partial charge on any atom is 0.257 e. The number of hydrogen-bond acceptors (Lipinski definition) is 4. The zero-order valence-electron chi connectivity index (χ0n) is 10.8. The molecule has 5 heteroatoms. The standard InChI is InChI=1S/C13H20N4O/c1-16(8-9-17-6-2-3-7-17)13(18)11-10-15-5-4-12(11)14/h4-5,10H,2-3,6-9H2,1H3,(H2,14,15). The van der Waals surface area contributed by atoms with E-state index in [1.54, 1.807) is 17.2 Å². The van der Waals surface area contributed by atoms with Gasteiger partial charge in [0.05, 0.1) is 5.56 Å². The van der Waals surface area contributed by atoms with Crippen LogP contribution in [0.1, 0.15) is 23.2 Å². The Morgan fingerprint density at radius 2 is 2.22 bits per heavy atom. The summed E-state index contributed by atoms with van der Waals surface area (Å²) in [5, 5.41) is 0. The quantitative estimate of drug-likeness (QED) is 0.857. The third-order valence-corrected chi connectivity index (χ3v) is 3.38. The third-order valence-electron chi connectivity index (χ3n) is 3.38. The number of aromatic nitrogens is 1. The number of likely N-dealkylation sites (tertiary alicyclic amines) is 1. The fourth-order valence-electron chi connectivity index (χ4n) is 2.19. The summed E-state index contributed by atoms with van der Waals surface area (Å²) in [6, 6.07) is 1.65. The van der Waals surface area contributed by atoms with E-state index in [0.29, 0.717) is 11.3 Å². The predicted octanol–water partition coefficient (Wildman–Crippen LogP) is 0.832. The number of nitrogens with two attached hydrogens (primary N) is 1. The molecule has 1 aromatic heterocycles. The molecule has 0 radical (unpaired) electrons. The summed E-state index contributed by atoms with van der Waals surface area (Å²) in [5.74, 6) is -0.0557. The lowest BCUT2D eigenvalue weighted by Gasteiger charge is -2.21. The maximum atomic E-state index is 12.2. The summed E-state index contributed by atoms with van der Waals surface area (Å²) < 4.78 is 0. The molecule has 0 unspecified atom stereocenters. The molecule has 0 bridgehead atoms. The summed E-state index contributed by atoms with van der Waals surface area (Å²) in [6.07, 6.45) is 5.67. The molecular formula is C13H20N4O. The Labute approximate surface area is 108 Å². The van der Waals surface area contributed by atoms with Crippen LogP contribution in [-0.2, 0) is 0 Å². The van der Waals surface area contributed by atoms with Gasteiger partial charge in [0.2, 0.25) is 0 Å². The van der Waals surface area contributed by atoms with E-state index in [0.717, 1.165) is 26.2 Å². The van der Waals surface area contributed by atoms with Crippen molar-refractivity contribution >= 4 is 11.6 Å². The van der Waals surface area contributed by atoms with Crippen LogP contribution in [-0.4, -0.2) is 53.9 Å². The topological polar surface area (TPSA) is 62.5 Å². The molecule has 1 aromatic rings. The van der Waals surface area contributed by atoms with Gasteiger partial charge in [0.25, 0.3) is 5.91 Å². The van der Waals surface area contributed by atoms with Gasteiger partial charge < -0.3 is 15.5 Å². The Kier molecular flexibility index (Phi) is 4.15. The second-order valence-corrected chi connectivity index (χ2v) is 4.74. The first-order chi connectivity index (χ1) is 8.68. The van der Waals surface area contributed by atoms with Gasteiger partial charge in [0, 0.05) is 38.2 Å². The van der Waals surface area contributed by atoms with Crippen molar-refractivity contribution in [2.24, 2.45) is 0 Å². The fourth-order valence-corrected chi connectivity index (χ4v) is 2.19. The number of carbonyl (C=O) groups is 1. The van der Waals surface area contributed by atoms with E-state index >= 15 is 0 Å². The van der Waals surface area contributed by atoms with Crippen LogP contribution in [0, 0.1) is 0 Å². The number of likely N-dealkylation sites (N-methyl/N-ethyl adjacent to an activating group) is 1. The minimum Gasteiger partial charge on any atom is -0.398 e. The zero-order chi connectivity index (χ0) is 13.0. The van der Waals surface area contributed by atoms with Crippen LogP contribution in [0.25, 0.3) is 0 Å². The molecule has 1 aliphatic heterocycles. The number of amides is 1. The van der Waals surface area contributed by atoms with Crippen molar-refractivity contribution in [1.29, 1.82) is 0 Å². The minimum atomic E-state index is -0.0557. The van der Waals surface area contributed by atoms with Crippen molar-refractivity contribution in [3.05, 3.63) is 24.0 Å². The van der Waals surface area contributed by atoms with Gasteiger partial charge in [-0.3, -0.25) is 9.78 Å². The van der Waals surface area contributed by atoms with Crippen LogP contribution in [0.15, 0.2) is 18.5 Å². The van der Waals surface area contributed by atoms with Gasteiger partial charge in [0.1, 0.15) is 0 Å². The summed E-state index contributed by atoms with van der Waals surface area (Å²) in [7, 11) is 1.81. The molecule has 0 aromatic carbocycles. The number of anilines is 1. The van der Waals surface area contributed by atoms with E-state index in [4.69, 9.17) is 5.73 Å². The molecule has 1 fully saturated rings. The zero-order valence-corrected chi connectivity index (χ0v) is 10.8. The second-order valence-electron chi connectivity index (χ2n) is 4.74. The molecule has 0 saturated carbocycles. The normalized spacial score (nSPS) is 15.8. The molecule has 1 amide bonds. The minimum absolute atomic E-state index is 0.0557. The van der Waals surface area contributed by atoms with E-state index < -0.39 is 0 Å². The molecule has 2 N–H and O–H groups in total. The van der Waals surface area contributed by atoms with Crippen molar-refractivity contribution in [3.8, 4) is 0 Å². The number of pyridine rings is 1. The highest BCUT2D eigenvalue weighted by molar-refractivity contribution is 5.98. The van der Waals surface area contributed by atoms with Gasteiger partial charge in [-0.1, -0.05) is 0 Å². The lowest BCUT2D eigenvalue weighted by Crippen LogP contribution is -2.35. The lowest BCUT2D eigenvalue weighted by atomic mass is 10.2. The van der Waals surface area contributed by atoms with Crippen molar-refractivity contribution < 1.29 is 4.79 Å². The fraction of sp³-hybridized carbons (Fsp3) is 0.538. The number of carbonyl (C=O) groups excluding carboxylic acids is 1. The summed E-state index contributed by atoms with van der Waals surface area (Å²) in [4.78, 5) is 20.2. The SMILES string of the molecule is CN(CCN1CCCC1)C(=O)c1cnccc1N. The Hall–Kier alpha value is -1.62. The first kappa shape index (κ1) is 12.8. The summed E-state index contributed by atoms with van der Waals surface area (Å²) >= 11 is 0. The molecule has 98 valence electrons. The van der Waals surface area contributed by atoms with Crippen molar-refractivity contribution in [2.75, 3.05) is 39.0 Å². The number of nitrogens with zero attached hydrogens (tertiary/aromatic N) is 3. The Morgan fingerprint density at radius 1 is 1.50 bits per heavy atom. The van der Waals surface area contributed by atoms with E-state index in [9.17, 15) is 4.79 Å². The van der Waals surface area contributed by atoms with Gasteiger partial charge in [0.15, 0.2) is 0 Å². The molecule has 0 spiro atoms. The highest BCUT2D eigenvalue weighted by Crippen LogP contribution is 2.12. The van der Waals surface area contributed by atoms with Gasteiger partial charge in [-0.25, -0.2) is 0 Å². The first-order valence-corrected chi connectivity index (χ1v) is 6.36. The highest BCUT2D eigenvalue weighted by Gasteiger charge is 2.17. The molecule has 2 rings (SSSR count). The molecule has 5 nitrogen and oxygen atoms in total. The average molecular weight is 248 g/mol. The van der Waals surface area contributed by atoms with E-state index in [1.807, 2.05) is 7.05 Å². The number of rotatable bonds is 4. The number of nitrogen functional groups attached to an aromatic ring is 1. The molecule has 0 atom stereocenters. The first-order valence-electron chi connectivity index (χ1n) is 6.36. The van der Waals surface area contributed by atoms with Crippen LogP contribution in [0.4, 0.5) is 5.69 Å². The van der Waals surface area contributed by atoms with E-state index in [2.05, 4.69) is 9.88 Å². The monoisotopic (exact) mass is 248 g/mol. The van der Waals surface area contributed by atoms with Crippen molar-refractivity contribution in [2.45, 2.75) is 12.8 Å². The van der Waals surface area contributed by atoms with Crippen molar-refractivity contribution in [1.82, 2.24) is 14.8 Å². The Morgan fingerprint density at radius 3 is 2.89 bits per heavy atom. The largest absolute Gasteiger partial charge is 0.398 e. The molecule has 1 saturated heterocycles. The molecule has 0 aliphatic carbocycles. The van der Waals surface area contributed by atoms with Crippen LogP contribution < -0.4 is 5.73 Å². The van der Waals surface area contributed by atoms with Gasteiger partial charge >= 0.3 is 0 Å². The van der Waals surface area contributed by atoms with Gasteiger partial charge in [-0.15, -0.1) is 0 Å². The third kappa shape index (κ3) is 2.98. The second kappa shape index (κ2) is 5.82. The van der Waals surface area contributed by atoms with E-state index in [1.165, 1.54) is 19.0 Å². The molecule has 2 heterocycles. The van der Waals surface area contributed by atoms with Crippen LogP contribution in [0.5, 0.6) is 0 Å². The summed E-state index contributed by atoms with van der Waals surface area (Å²) in [6.45, 7) is 3.96. The number of hydrogen-bond donors (Lipinski definition) is 1. The van der Waals surface area contributed by atoms with Crippen LogP contribution in [0.3, 0.4) is 0 Å². The van der Waals surface area contributed by atoms with Crippen molar-refractivity contribution in [3.63, 3.8) is 0 Å². The predicted molar refractivity (Wildman–Crippen MR) is 71.3 cm³/mol. The molecule has 1 aliphatic rings. The van der Waals surface area contributed by atoms with Gasteiger partial charge in [-0.2, -0.15) is 0 Å². The maximum absolute atomic E-state index is 12.2. The smallest absolute Gasteiger partial charge is 0.257 e. The molecule has 18 heavy (non-hydrogen) atoms. The highest BCUT2D eigenvalue weighted by atomic mass is 16.2. The van der Waals surface area contributed by atoms with Crippen LogP contribution in [0.2, 0.25) is 0 Å². The van der Waals surface area contributed by atoms with Gasteiger partial charge in [-0.05, 0) is 32.0 Å². The Bertz CT molecular complexity index is 415.